The van der Waals surface area contributed by atoms with E-state index in [2.05, 4.69) is 20.7 Å². The molecule has 156 valence electrons. The molecule has 1 saturated heterocycles. The van der Waals surface area contributed by atoms with Crippen LogP contribution in [0, 0.1) is 6.92 Å². The minimum atomic E-state index is -1.01. The van der Waals surface area contributed by atoms with Crippen LogP contribution in [0.3, 0.4) is 0 Å². The number of aryl methyl sites for hydroxylation is 1. The van der Waals surface area contributed by atoms with E-state index in [1.807, 2.05) is 11.6 Å². The highest BCUT2D eigenvalue weighted by Gasteiger charge is 2.35. The third-order valence-electron chi connectivity index (χ3n) is 4.89. The van der Waals surface area contributed by atoms with Crippen LogP contribution in [0.15, 0.2) is 15.8 Å². The average molecular weight is 432 g/mol. The highest BCUT2D eigenvalue weighted by atomic mass is 35.5. The second-order valence-electron chi connectivity index (χ2n) is 6.98. The smallest absolute Gasteiger partial charge is 0.236 e. The number of aliphatic imine (C=N–C) groups is 1. The molecule has 0 amide bonds. The van der Waals surface area contributed by atoms with Crippen molar-refractivity contribution < 1.29 is 9.47 Å². The Morgan fingerprint density at radius 2 is 2.25 bits per heavy atom. The summed E-state index contributed by atoms with van der Waals surface area (Å²) in [6.45, 7) is 3.66. The van der Waals surface area contributed by atoms with Crippen molar-refractivity contribution in [3.8, 4) is 5.88 Å². The fourth-order valence-corrected chi connectivity index (χ4v) is 3.86. The summed E-state index contributed by atoms with van der Waals surface area (Å²) >= 11 is 12.4. The molecule has 2 atom stereocenters. The minimum absolute atomic E-state index is 0.131. The molecule has 0 aromatic carbocycles. The maximum Gasteiger partial charge on any atom is 0.236 e. The number of hydrogen-bond acceptors (Lipinski definition) is 8. The van der Waals surface area contributed by atoms with Crippen LogP contribution in [0.1, 0.15) is 37.4 Å². The first-order valence-electron chi connectivity index (χ1n) is 9.30. The van der Waals surface area contributed by atoms with Gasteiger partial charge in [0.05, 0.1) is 24.9 Å². The molecule has 1 aromatic heterocycles. The van der Waals surface area contributed by atoms with Gasteiger partial charge in [0.15, 0.2) is 5.29 Å². The van der Waals surface area contributed by atoms with Crippen LogP contribution in [0.2, 0.25) is 0 Å². The average Bonchev–Trinajstić information content (AvgIpc) is 2.97. The van der Waals surface area contributed by atoms with E-state index < -0.39 is 5.66 Å². The van der Waals surface area contributed by atoms with Crippen molar-refractivity contribution in [1.82, 2.24) is 20.4 Å². The molecule has 28 heavy (non-hydrogen) atoms. The molecule has 2 aliphatic heterocycles. The van der Waals surface area contributed by atoms with Crippen molar-refractivity contribution in [2.24, 2.45) is 10.7 Å². The Bertz CT molecular complexity index is 774. The molecule has 0 aliphatic carbocycles. The predicted octanol–water partition coefficient (Wildman–Crippen LogP) is 1.76. The van der Waals surface area contributed by atoms with Gasteiger partial charge in [-0.1, -0.05) is 11.6 Å². The quantitative estimate of drug-likeness (QED) is 0.382. The zero-order valence-corrected chi connectivity index (χ0v) is 17.6. The fraction of sp³-hybridized carbons (Fsp3) is 0.647. The van der Waals surface area contributed by atoms with Gasteiger partial charge in [-0.25, -0.2) is 9.67 Å². The normalized spacial score (nSPS) is 25.3. The topological polar surface area (TPSA) is 125 Å². The first-order valence-corrected chi connectivity index (χ1v) is 10.1. The van der Waals surface area contributed by atoms with Crippen LogP contribution in [-0.4, -0.2) is 47.6 Å². The molecule has 9 nitrogen and oxygen atoms in total. The zero-order valence-electron chi connectivity index (χ0n) is 16.1. The summed E-state index contributed by atoms with van der Waals surface area (Å²) in [6.07, 6.45) is 3.08. The molecular formula is C17H27Cl2N7O2. The van der Waals surface area contributed by atoms with Crippen LogP contribution in [0.25, 0.3) is 0 Å². The zero-order chi connectivity index (χ0) is 20.3. The Labute approximate surface area is 174 Å². The molecule has 0 spiro atoms. The van der Waals surface area contributed by atoms with Gasteiger partial charge in [0, 0.05) is 13.7 Å². The summed E-state index contributed by atoms with van der Waals surface area (Å²) in [7, 11) is 1.71. The number of anilines is 1. The first-order chi connectivity index (χ1) is 13.4. The van der Waals surface area contributed by atoms with E-state index in [9.17, 15) is 0 Å². The van der Waals surface area contributed by atoms with E-state index in [4.69, 9.17) is 44.1 Å². The van der Waals surface area contributed by atoms with Crippen LogP contribution < -0.4 is 26.8 Å². The lowest BCUT2D eigenvalue weighted by Crippen LogP contribution is -2.57. The molecular weight excluding hydrogens is 405 g/mol. The molecule has 1 aromatic rings. The Kier molecular flexibility index (Phi) is 6.59. The van der Waals surface area contributed by atoms with Gasteiger partial charge in [-0.2, -0.15) is 5.10 Å². The number of ether oxygens (including phenoxy) is 2. The van der Waals surface area contributed by atoms with Gasteiger partial charge >= 0.3 is 0 Å². The standard InChI is InChI=1S/C17H27Cl2N7O2/c1-10-12(20)15(26(25-10)11-5-3-7-27-9-11)28-8-4-6-17(21)13(18)14(22-2)23-16(19)24-17/h11,22H,3-9,20-21H2,1-2H3,(H,23,24). The SMILES string of the molecule is CNC1=C(Cl)C(N)(CCCOc2c(N)c(C)nn2C2CCCOC2)NC(Cl)=N1. The summed E-state index contributed by atoms with van der Waals surface area (Å²) in [5, 5.41) is 10.9. The van der Waals surface area contributed by atoms with Crippen LogP contribution in [0.4, 0.5) is 5.69 Å². The van der Waals surface area contributed by atoms with Crippen molar-refractivity contribution in [1.29, 1.82) is 0 Å². The lowest BCUT2D eigenvalue weighted by atomic mass is 10.0. The largest absolute Gasteiger partial charge is 0.476 e. The van der Waals surface area contributed by atoms with Gasteiger partial charge in [0.2, 0.25) is 5.88 Å². The minimum Gasteiger partial charge on any atom is -0.476 e. The van der Waals surface area contributed by atoms with Gasteiger partial charge in [-0.3, -0.25) is 0 Å². The number of halogens is 2. The Balaban J connectivity index is 1.63. The van der Waals surface area contributed by atoms with Gasteiger partial charge in [-0.15, -0.1) is 0 Å². The van der Waals surface area contributed by atoms with E-state index >= 15 is 0 Å². The third-order valence-corrected chi connectivity index (χ3v) is 5.59. The lowest BCUT2D eigenvalue weighted by molar-refractivity contribution is 0.0509. The number of nitrogens with one attached hydrogen (secondary N) is 2. The highest BCUT2D eigenvalue weighted by Crippen LogP contribution is 2.32. The number of nitrogens with zero attached hydrogens (tertiary/aromatic N) is 3. The Hall–Kier alpha value is -1.68. The van der Waals surface area contributed by atoms with Crippen molar-refractivity contribution in [2.45, 2.75) is 44.3 Å². The second kappa shape index (κ2) is 8.77. The van der Waals surface area contributed by atoms with Crippen molar-refractivity contribution >= 4 is 34.2 Å². The number of hydrogen-bond donors (Lipinski definition) is 4. The molecule has 6 N–H and O–H groups in total. The van der Waals surface area contributed by atoms with Gasteiger partial charge < -0.3 is 31.6 Å². The van der Waals surface area contributed by atoms with Crippen LogP contribution in [0.5, 0.6) is 5.88 Å². The maximum absolute atomic E-state index is 6.40. The fourth-order valence-electron chi connectivity index (χ4n) is 3.33. The number of rotatable bonds is 7. The Morgan fingerprint density at radius 1 is 1.46 bits per heavy atom. The summed E-state index contributed by atoms with van der Waals surface area (Å²) in [6, 6.07) is 0.131. The molecule has 0 saturated carbocycles. The molecule has 1 fully saturated rings. The molecule has 0 radical (unpaired) electrons. The second-order valence-corrected chi connectivity index (χ2v) is 7.72. The van der Waals surface area contributed by atoms with E-state index in [1.165, 1.54) is 0 Å². The Morgan fingerprint density at radius 3 is 2.93 bits per heavy atom. The van der Waals surface area contributed by atoms with Gasteiger partial charge in [-0.05, 0) is 44.2 Å². The van der Waals surface area contributed by atoms with Crippen molar-refractivity contribution in [3.63, 3.8) is 0 Å². The van der Waals surface area contributed by atoms with E-state index in [0.717, 1.165) is 25.1 Å². The predicted molar refractivity (Wildman–Crippen MR) is 110 cm³/mol. The number of aromatic nitrogens is 2. The van der Waals surface area contributed by atoms with Gasteiger partial charge in [0.25, 0.3) is 0 Å². The number of nitrogen functional groups attached to an aromatic ring is 1. The summed E-state index contributed by atoms with van der Waals surface area (Å²) < 4.78 is 13.4. The highest BCUT2D eigenvalue weighted by molar-refractivity contribution is 6.65. The maximum atomic E-state index is 6.40. The molecule has 2 unspecified atom stereocenters. The number of amidine groups is 1. The lowest BCUT2D eigenvalue weighted by Gasteiger charge is -2.34. The van der Waals surface area contributed by atoms with Crippen LogP contribution in [-0.2, 0) is 4.74 Å². The van der Waals surface area contributed by atoms with E-state index in [1.54, 1.807) is 7.05 Å². The summed E-state index contributed by atoms with van der Waals surface area (Å²) in [5.74, 6) is 1.02. The van der Waals surface area contributed by atoms with Gasteiger partial charge in [0.1, 0.15) is 22.2 Å². The van der Waals surface area contributed by atoms with Crippen molar-refractivity contribution in [2.75, 3.05) is 32.6 Å². The molecule has 3 rings (SSSR count). The first kappa shape index (κ1) is 21.0. The summed E-state index contributed by atoms with van der Waals surface area (Å²) in [5.41, 5.74) is 12.9. The van der Waals surface area contributed by atoms with Crippen molar-refractivity contribution in [3.05, 3.63) is 16.5 Å². The molecule has 11 heteroatoms. The molecule has 2 aliphatic rings. The van der Waals surface area contributed by atoms with E-state index in [-0.39, 0.29) is 11.3 Å². The third kappa shape index (κ3) is 4.32. The molecule has 0 bridgehead atoms. The monoisotopic (exact) mass is 431 g/mol. The van der Waals surface area contributed by atoms with Crippen LogP contribution >= 0.6 is 23.2 Å². The number of nitrogens with two attached hydrogens (primary N) is 2. The molecule has 3 heterocycles. The van der Waals surface area contributed by atoms with E-state index in [0.29, 0.717) is 48.5 Å². The summed E-state index contributed by atoms with van der Waals surface area (Å²) in [4.78, 5) is 4.09.